The average molecular weight is 300 g/mol. The van der Waals surface area contributed by atoms with E-state index in [1.165, 1.54) is 4.88 Å². The Labute approximate surface area is 120 Å². The molecular weight excluding hydrogens is 286 g/mol. The van der Waals surface area contributed by atoms with Crippen molar-refractivity contribution in [2.24, 2.45) is 0 Å². The quantitative estimate of drug-likeness (QED) is 0.916. The van der Waals surface area contributed by atoms with Crippen LogP contribution in [0.15, 0.2) is 22.6 Å². The first-order chi connectivity index (χ1) is 8.95. The second kappa shape index (κ2) is 5.77. The molecule has 0 fully saturated rings. The molecule has 2 heterocycles. The second-order valence-corrected chi connectivity index (χ2v) is 6.17. The summed E-state index contributed by atoms with van der Waals surface area (Å²) in [5.41, 5.74) is 0.891. The molecule has 0 saturated heterocycles. The molecule has 0 spiro atoms. The van der Waals surface area contributed by atoms with Crippen molar-refractivity contribution in [3.63, 3.8) is 0 Å². The Kier molecular flexibility index (Phi) is 4.29. The van der Waals surface area contributed by atoms with Crippen molar-refractivity contribution in [3.8, 4) is 0 Å². The molecule has 0 aliphatic carbocycles. The van der Waals surface area contributed by atoms with Gasteiger partial charge < -0.3 is 9.52 Å². The molecule has 19 heavy (non-hydrogen) atoms. The van der Waals surface area contributed by atoms with Gasteiger partial charge in [0.2, 0.25) is 5.76 Å². The van der Waals surface area contributed by atoms with Gasteiger partial charge in [-0.05, 0) is 32.2 Å². The zero-order chi connectivity index (χ0) is 14.0. The maximum atomic E-state index is 10.8. The van der Waals surface area contributed by atoms with Gasteiger partial charge in [-0.1, -0.05) is 11.6 Å². The zero-order valence-corrected chi connectivity index (χ0v) is 12.2. The van der Waals surface area contributed by atoms with Crippen LogP contribution in [-0.2, 0) is 13.1 Å². The van der Waals surface area contributed by atoms with E-state index in [4.69, 9.17) is 21.1 Å². The molecule has 0 saturated carbocycles. The topological polar surface area (TPSA) is 53.7 Å². The molecular formula is C13H14ClNO3S. The third-order valence-electron chi connectivity index (χ3n) is 2.73. The standard InChI is InChI=1S/C13H14ClNO3S/c1-8-9(5-11(18-8)13(16)17)6-15(2)7-10-3-4-12(14)19-10/h3-5H,6-7H2,1-2H3,(H,16,17). The fourth-order valence-corrected chi connectivity index (χ4v) is 3.00. The van der Waals surface area contributed by atoms with Crippen molar-refractivity contribution in [1.82, 2.24) is 4.90 Å². The number of carboxylic acid groups (broad SMARTS) is 1. The second-order valence-electron chi connectivity index (χ2n) is 4.38. The number of carbonyl (C=O) groups is 1. The van der Waals surface area contributed by atoms with Crippen molar-refractivity contribution in [2.45, 2.75) is 20.0 Å². The minimum Gasteiger partial charge on any atom is -0.475 e. The van der Waals surface area contributed by atoms with E-state index in [0.29, 0.717) is 12.3 Å². The van der Waals surface area contributed by atoms with E-state index in [9.17, 15) is 4.79 Å². The number of hydrogen-bond donors (Lipinski definition) is 1. The summed E-state index contributed by atoms with van der Waals surface area (Å²) in [6, 6.07) is 5.45. The lowest BCUT2D eigenvalue weighted by atomic mass is 10.2. The molecule has 2 aromatic heterocycles. The molecule has 6 heteroatoms. The number of rotatable bonds is 5. The van der Waals surface area contributed by atoms with Gasteiger partial charge >= 0.3 is 5.97 Å². The first kappa shape index (κ1) is 14.1. The number of hydrogen-bond acceptors (Lipinski definition) is 4. The molecule has 0 unspecified atom stereocenters. The summed E-state index contributed by atoms with van der Waals surface area (Å²) < 4.78 is 5.96. The van der Waals surface area contributed by atoms with Gasteiger partial charge in [-0.3, -0.25) is 4.90 Å². The lowest BCUT2D eigenvalue weighted by Crippen LogP contribution is -2.16. The Morgan fingerprint density at radius 2 is 2.21 bits per heavy atom. The maximum Gasteiger partial charge on any atom is 0.371 e. The molecule has 2 aromatic rings. The third kappa shape index (κ3) is 3.59. The summed E-state index contributed by atoms with van der Waals surface area (Å²) in [4.78, 5) is 14.1. The summed E-state index contributed by atoms with van der Waals surface area (Å²) in [5.74, 6) is -0.407. The normalized spacial score (nSPS) is 11.2. The van der Waals surface area contributed by atoms with Crippen LogP contribution in [-0.4, -0.2) is 23.0 Å². The van der Waals surface area contributed by atoms with Gasteiger partial charge in [0.25, 0.3) is 0 Å². The molecule has 0 bridgehead atoms. The Hall–Kier alpha value is -1.30. The van der Waals surface area contributed by atoms with E-state index < -0.39 is 5.97 Å². The molecule has 0 aromatic carbocycles. The monoisotopic (exact) mass is 299 g/mol. The molecule has 0 aliphatic rings. The van der Waals surface area contributed by atoms with Crippen molar-refractivity contribution in [1.29, 1.82) is 0 Å². The SMILES string of the molecule is Cc1oc(C(=O)O)cc1CN(C)Cc1ccc(Cl)s1. The van der Waals surface area contributed by atoms with E-state index in [2.05, 4.69) is 4.90 Å². The lowest BCUT2D eigenvalue weighted by molar-refractivity contribution is 0.0661. The molecule has 0 aliphatic heterocycles. The number of aryl methyl sites for hydroxylation is 1. The zero-order valence-electron chi connectivity index (χ0n) is 10.6. The van der Waals surface area contributed by atoms with E-state index in [-0.39, 0.29) is 5.76 Å². The molecule has 1 N–H and O–H groups in total. The Bertz CT molecular complexity index is 590. The average Bonchev–Trinajstić information content (AvgIpc) is 2.86. The molecule has 2 rings (SSSR count). The first-order valence-electron chi connectivity index (χ1n) is 5.71. The summed E-state index contributed by atoms with van der Waals surface area (Å²) in [6.07, 6.45) is 0. The predicted octanol–water partition coefficient (Wildman–Crippen LogP) is 3.63. The van der Waals surface area contributed by atoms with Crippen LogP contribution in [0, 0.1) is 6.92 Å². The minimum atomic E-state index is -1.04. The van der Waals surface area contributed by atoms with Gasteiger partial charge in [0, 0.05) is 23.5 Å². The lowest BCUT2D eigenvalue weighted by Gasteiger charge is -2.14. The van der Waals surface area contributed by atoms with E-state index in [1.54, 1.807) is 24.3 Å². The van der Waals surface area contributed by atoms with Crippen molar-refractivity contribution >= 4 is 28.9 Å². The van der Waals surface area contributed by atoms with Crippen LogP contribution < -0.4 is 0 Å². The molecule has 0 atom stereocenters. The van der Waals surface area contributed by atoms with Gasteiger partial charge in [0.1, 0.15) is 5.76 Å². The largest absolute Gasteiger partial charge is 0.475 e. The van der Waals surface area contributed by atoms with E-state index in [1.807, 2.05) is 19.2 Å². The van der Waals surface area contributed by atoms with E-state index >= 15 is 0 Å². The number of carboxylic acids is 1. The number of aromatic carboxylic acids is 1. The van der Waals surface area contributed by atoms with Crippen LogP contribution >= 0.6 is 22.9 Å². The number of thiophene rings is 1. The van der Waals surface area contributed by atoms with Crippen LogP contribution in [0.25, 0.3) is 0 Å². The Balaban J connectivity index is 2.02. The highest BCUT2D eigenvalue weighted by Gasteiger charge is 2.14. The van der Waals surface area contributed by atoms with Crippen LogP contribution in [0.1, 0.15) is 26.8 Å². The maximum absolute atomic E-state index is 10.8. The van der Waals surface area contributed by atoms with Gasteiger partial charge in [0.05, 0.1) is 4.34 Å². The molecule has 4 nitrogen and oxygen atoms in total. The number of nitrogens with zero attached hydrogens (tertiary/aromatic N) is 1. The number of furan rings is 1. The van der Waals surface area contributed by atoms with Crippen molar-refractivity contribution in [2.75, 3.05) is 7.05 Å². The van der Waals surface area contributed by atoms with Crippen molar-refractivity contribution < 1.29 is 14.3 Å². The van der Waals surface area contributed by atoms with Gasteiger partial charge in [-0.2, -0.15) is 0 Å². The molecule has 0 amide bonds. The van der Waals surface area contributed by atoms with Gasteiger partial charge in [-0.25, -0.2) is 4.79 Å². The smallest absolute Gasteiger partial charge is 0.371 e. The van der Waals surface area contributed by atoms with Crippen LogP contribution in [0.2, 0.25) is 4.34 Å². The van der Waals surface area contributed by atoms with E-state index in [0.717, 1.165) is 16.4 Å². The molecule has 102 valence electrons. The Morgan fingerprint density at radius 1 is 1.47 bits per heavy atom. The summed E-state index contributed by atoms with van der Waals surface area (Å²) in [7, 11) is 1.97. The predicted molar refractivity (Wildman–Crippen MR) is 74.9 cm³/mol. The van der Waals surface area contributed by atoms with Crippen molar-refractivity contribution in [3.05, 3.63) is 44.5 Å². The first-order valence-corrected chi connectivity index (χ1v) is 6.90. The summed E-state index contributed by atoms with van der Waals surface area (Å²) >= 11 is 7.43. The molecule has 0 radical (unpaired) electrons. The fraction of sp³-hybridized carbons (Fsp3) is 0.308. The van der Waals surface area contributed by atoms with Gasteiger partial charge in [0.15, 0.2) is 0 Å². The highest BCUT2D eigenvalue weighted by Crippen LogP contribution is 2.23. The van der Waals surface area contributed by atoms with Crippen LogP contribution in [0.4, 0.5) is 0 Å². The van der Waals surface area contributed by atoms with Crippen LogP contribution in [0.3, 0.4) is 0 Å². The van der Waals surface area contributed by atoms with Crippen LogP contribution in [0.5, 0.6) is 0 Å². The summed E-state index contributed by atoms with van der Waals surface area (Å²) in [5, 5.41) is 8.87. The Morgan fingerprint density at radius 3 is 2.74 bits per heavy atom. The summed E-state index contributed by atoms with van der Waals surface area (Å²) in [6.45, 7) is 3.18. The number of halogens is 1. The minimum absolute atomic E-state index is 0.0138. The fourth-order valence-electron chi connectivity index (χ4n) is 1.83. The highest BCUT2D eigenvalue weighted by molar-refractivity contribution is 7.16. The van der Waals surface area contributed by atoms with Gasteiger partial charge in [-0.15, -0.1) is 11.3 Å². The highest BCUT2D eigenvalue weighted by atomic mass is 35.5. The third-order valence-corrected chi connectivity index (χ3v) is 3.94.